The Bertz CT molecular complexity index is 770. The highest BCUT2D eigenvalue weighted by Crippen LogP contribution is 2.18. The predicted octanol–water partition coefficient (Wildman–Crippen LogP) is 2.69. The van der Waals surface area contributed by atoms with E-state index in [1.54, 1.807) is 17.2 Å². The summed E-state index contributed by atoms with van der Waals surface area (Å²) in [7, 11) is 0. The number of nitrogens with zero attached hydrogens (tertiary/aromatic N) is 2. The van der Waals surface area contributed by atoms with Gasteiger partial charge in [-0.15, -0.1) is 0 Å². The minimum atomic E-state index is -0.495. The van der Waals surface area contributed by atoms with Crippen LogP contribution in [0, 0.1) is 0 Å². The van der Waals surface area contributed by atoms with Gasteiger partial charge >= 0.3 is 6.09 Å². The number of aromatic amines is 1. The van der Waals surface area contributed by atoms with Gasteiger partial charge in [0.15, 0.2) is 0 Å². The van der Waals surface area contributed by atoms with Crippen molar-refractivity contribution in [2.45, 2.75) is 45.3 Å². The number of likely N-dealkylation sites (tertiary alicyclic amines) is 1. The monoisotopic (exact) mass is 344 g/mol. The molecule has 0 saturated carbocycles. The van der Waals surface area contributed by atoms with Crippen LogP contribution in [0.1, 0.15) is 44.0 Å². The summed E-state index contributed by atoms with van der Waals surface area (Å²) in [6.45, 7) is 6.72. The summed E-state index contributed by atoms with van der Waals surface area (Å²) in [6, 6.07) is 5.59. The zero-order valence-corrected chi connectivity index (χ0v) is 14.8. The smallest absolute Gasteiger partial charge is 0.410 e. The van der Waals surface area contributed by atoms with E-state index in [0.717, 1.165) is 10.9 Å². The molecular formula is C18H24N4O3. The van der Waals surface area contributed by atoms with E-state index in [0.29, 0.717) is 31.5 Å². The number of piperidine rings is 1. The Morgan fingerprint density at radius 2 is 2.00 bits per heavy atom. The molecule has 2 aromatic rings. The Morgan fingerprint density at radius 1 is 1.28 bits per heavy atom. The fourth-order valence-corrected chi connectivity index (χ4v) is 2.95. The molecule has 2 N–H and O–H groups in total. The molecule has 1 fully saturated rings. The zero-order chi connectivity index (χ0) is 18.0. The Morgan fingerprint density at radius 3 is 2.68 bits per heavy atom. The molecular weight excluding hydrogens is 320 g/mol. The van der Waals surface area contributed by atoms with Gasteiger partial charge in [-0.05, 0) is 39.7 Å². The number of nitrogens with one attached hydrogen (secondary N) is 2. The first-order valence-corrected chi connectivity index (χ1v) is 8.54. The Hall–Kier alpha value is -2.57. The van der Waals surface area contributed by atoms with Crippen LogP contribution in [-0.2, 0) is 4.74 Å². The van der Waals surface area contributed by atoms with Crippen molar-refractivity contribution in [3.63, 3.8) is 0 Å². The molecule has 0 unspecified atom stereocenters. The number of hydrogen-bond acceptors (Lipinski definition) is 4. The molecule has 3 rings (SSSR count). The van der Waals surface area contributed by atoms with Gasteiger partial charge in [-0.25, -0.2) is 4.79 Å². The SMILES string of the molecule is CC(C)(C)OC(=O)N1CCC(NC(=O)c2cccc3cn[nH]c23)CC1. The van der Waals surface area contributed by atoms with Crippen molar-refractivity contribution >= 4 is 22.9 Å². The van der Waals surface area contributed by atoms with Gasteiger partial charge in [-0.1, -0.05) is 12.1 Å². The van der Waals surface area contributed by atoms with Crippen molar-refractivity contribution in [3.05, 3.63) is 30.0 Å². The third-order valence-electron chi connectivity index (χ3n) is 4.20. The number of benzene rings is 1. The Labute approximate surface area is 146 Å². The van der Waals surface area contributed by atoms with Crippen molar-refractivity contribution in [1.82, 2.24) is 20.4 Å². The van der Waals surface area contributed by atoms with E-state index in [-0.39, 0.29) is 18.0 Å². The van der Waals surface area contributed by atoms with E-state index in [9.17, 15) is 9.59 Å². The van der Waals surface area contributed by atoms with E-state index in [4.69, 9.17) is 4.74 Å². The molecule has 1 aromatic carbocycles. The third-order valence-corrected chi connectivity index (χ3v) is 4.20. The van der Waals surface area contributed by atoms with Crippen LogP contribution >= 0.6 is 0 Å². The summed E-state index contributed by atoms with van der Waals surface area (Å²) in [4.78, 5) is 26.3. The van der Waals surface area contributed by atoms with E-state index in [1.165, 1.54) is 0 Å². The number of rotatable bonds is 2. The lowest BCUT2D eigenvalue weighted by Crippen LogP contribution is -2.47. The minimum Gasteiger partial charge on any atom is -0.444 e. The van der Waals surface area contributed by atoms with Gasteiger partial charge < -0.3 is 15.0 Å². The normalized spacial score (nSPS) is 16.0. The molecule has 2 heterocycles. The fraction of sp³-hybridized carbons (Fsp3) is 0.500. The molecule has 1 saturated heterocycles. The maximum atomic E-state index is 12.6. The van der Waals surface area contributed by atoms with Gasteiger partial charge in [0, 0.05) is 24.5 Å². The second-order valence-electron chi connectivity index (χ2n) is 7.35. The second kappa shape index (κ2) is 6.74. The van der Waals surface area contributed by atoms with Crippen LogP contribution in [0.15, 0.2) is 24.4 Å². The largest absolute Gasteiger partial charge is 0.444 e. The summed E-state index contributed by atoms with van der Waals surface area (Å²) in [5, 5.41) is 10.8. The van der Waals surface area contributed by atoms with Gasteiger partial charge in [0.2, 0.25) is 0 Å². The lowest BCUT2D eigenvalue weighted by Gasteiger charge is -2.33. The first-order chi connectivity index (χ1) is 11.8. The highest BCUT2D eigenvalue weighted by molar-refractivity contribution is 6.05. The van der Waals surface area contributed by atoms with Crippen molar-refractivity contribution in [2.75, 3.05) is 13.1 Å². The van der Waals surface area contributed by atoms with Crippen molar-refractivity contribution in [3.8, 4) is 0 Å². The second-order valence-corrected chi connectivity index (χ2v) is 7.35. The lowest BCUT2D eigenvalue weighted by molar-refractivity contribution is 0.0199. The number of hydrogen-bond donors (Lipinski definition) is 2. The van der Waals surface area contributed by atoms with Crippen molar-refractivity contribution in [2.24, 2.45) is 0 Å². The van der Waals surface area contributed by atoms with Crippen LogP contribution in [0.25, 0.3) is 10.9 Å². The van der Waals surface area contributed by atoms with Crippen LogP contribution in [0.2, 0.25) is 0 Å². The average molecular weight is 344 g/mol. The number of amides is 2. The van der Waals surface area contributed by atoms with Crippen molar-refractivity contribution in [1.29, 1.82) is 0 Å². The maximum absolute atomic E-state index is 12.6. The summed E-state index contributed by atoms with van der Waals surface area (Å²) >= 11 is 0. The summed E-state index contributed by atoms with van der Waals surface area (Å²) in [6.07, 6.45) is 2.83. The standard InChI is InChI=1S/C18H24N4O3/c1-18(2,3)25-17(24)22-9-7-13(8-10-22)20-16(23)14-6-4-5-12-11-19-21-15(12)14/h4-6,11,13H,7-10H2,1-3H3,(H,19,21)(H,20,23). The molecule has 1 aliphatic rings. The number of para-hydroxylation sites is 1. The first-order valence-electron chi connectivity index (χ1n) is 8.54. The minimum absolute atomic E-state index is 0.0457. The predicted molar refractivity (Wildman–Crippen MR) is 94.4 cm³/mol. The highest BCUT2D eigenvalue weighted by Gasteiger charge is 2.27. The number of aromatic nitrogens is 2. The van der Waals surface area contributed by atoms with Crippen LogP contribution in [0.4, 0.5) is 4.79 Å². The molecule has 0 atom stereocenters. The summed E-state index contributed by atoms with van der Waals surface area (Å²) in [5.74, 6) is -0.120. The highest BCUT2D eigenvalue weighted by atomic mass is 16.6. The Balaban J connectivity index is 1.56. The van der Waals surface area contributed by atoms with E-state index < -0.39 is 5.60 Å². The van der Waals surface area contributed by atoms with Crippen LogP contribution in [-0.4, -0.2) is 51.8 Å². The van der Waals surface area contributed by atoms with Gasteiger partial charge in [0.1, 0.15) is 5.60 Å². The third kappa shape index (κ3) is 4.10. The molecule has 0 aliphatic carbocycles. The number of fused-ring (bicyclic) bond motifs is 1. The quantitative estimate of drug-likeness (QED) is 0.877. The van der Waals surface area contributed by atoms with E-state index in [1.807, 2.05) is 32.9 Å². The van der Waals surface area contributed by atoms with Gasteiger partial charge in [-0.2, -0.15) is 5.10 Å². The Kier molecular flexibility index (Phi) is 4.65. The molecule has 134 valence electrons. The van der Waals surface area contributed by atoms with Crippen LogP contribution in [0.5, 0.6) is 0 Å². The van der Waals surface area contributed by atoms with Gasteiger partial charge in [-0.3, -0.25) is 9.89 Å². The van der Waals surface area contributed by atoms with Crippen molar-refractivity contribution < 1.29 is 14.3 Å². The molecule has 0 spiro atoms. The number of ether oxygens (including phenoxy) is 1. The maximum Gasteiger partial charge on any atom is 0.410 e. The molecule has 7 heteroatoms. The number of carbonyl (C=O) groups is 2. The van der Waals surface area contributed by atoms with Crippen LogP contribution < -0.4 is 5.32 Å². The van der Waals surface area contributed by atoms with Gasteiger partial charge in [0.25, 0.3) is 5.91 Å². The number of H-pyrrole nitrogens is 1. The lowest BCUT2D eigenvalue weighted by atomic mass is 10.0. The average Bonchev–Trinajstić information content (AvgIpc) is 3.02. The molecule has 25 heavy (non-hydrogen) atoms. The molecule has 7 nitrogen and oxygen atoms in total. The van der Waals surface area contributed by atoms with Crippen LogP contribution in [0.3, 0.4) is 0 Å². The topological polar surface area (TPSA) is 87.3 Å². The molecule has 2 amide bonds. The number of carbonyl (C=O) groups excluding carboxylic acids is 2. The zero-order valence-electron chi connectivity index (χ0n) is 14.8. The molecule has 1 aliphatic heterocycles. The summed E-state index contributed by atoms with van der Waals surface area (Å²) < 4.78 is 5.39. The molecule has 0 bridgehead atoms. The molecule has 1 aromatic heterocycles. The van der Waals surface area contributed by atoms with E-state index in [2.05, 4.69) is 15.5 Å². The summed E-state index contributed by atoms with van der Waals surface area (Å²) in [5.41, 5.74) is 0.834. The van der Waals surface area contributed by atoms with E-state index >= 15 is 0 Å². The molecule has 0 radical (unpaired) electrons. The van der Waals surface area contributed by atoms with Gasteiger partial charge in [0.05, 0.1) is 17.3 Å². The fourth-order valence-electron chi connectivity index (χ4n) is 2.95. The first kappa shape index (κ1) is 17.3.